The van der Waals surface area contributed by atoms with Crippen LogP contribution in [-0.4, -0.2) is 20.9 Å². The van der Waals surface area contributed by atoms with Gasteiger partial charge in [-0.2, -0.15) is 0 Å². The number of hydrogen-bond acceptors (Lipinski definition) is 4. The van der Waals surface area contributed by atoms with Gasteiger partial charge in [0.1, 0.15) is 5.75 Å². The first kappa shape index (κ1) is 23.4. The van der Waals surface area contributed by atoms with E-state index in [1.54, 1.807) is 12.1 Å². The molecule has 0 heterocycles. The quantitative estimate of drug-likeness (QED) is 0.449. The van der Waals surface area contributed by atoms with Gasteiger partial charge >= 0.3 is 0 Å². The predicted molar refractivity (Wildman–Crippen MR) is 123 cm³/mol. The van der Waals surface area contributed by atoms with Crippen LogP contribution in [0.1, 0.15) is 5.56 Å². The Morgan fingerprint density at radius 1 is 0.903 bits per heavy atom. The molecule has 0 spiro atoms. The minimum atomic E-state index is -3.77. The molecule has 0 atom stereocenters. The molecule has 0 unspecified atom stereocenters. The van der Waals surface area contributed by atoms with Crippen LogP contribution in [0.5, 0.6) is 5.75 Å². The lowest BCUT2D eigenvalue weighted by atomic mass is 10.2. The summed E-state index contributed by atoms with van der Waals surface area (Å²) in [6.45, 7) is -0.216. The number of carbonyl (C=O) groups excluding carboxylic acids is 1. The molecule has 31 heavy (non-hydrogen) atoms. The Bertz CT molecular complexity index is 1190. The first-order valence-corrected chi connectivity index (χ1v) is 11.6. The number of carbonyl (C=O) groups is 1. The van der Waals surface area contributed by atoms with Gasteiger partial charge in [0, 0.05) is 11.6 Å². The average molecular weight is 500 g/mol. The second-order valence-electron chi connectivity index (χ2n) is 6.36. The van der Waals surface area contributed by atoms with Crippen LogP contribution in [0.4, 0.5) is 5.69 Å². The predicted octanol–water partition coefficient (Wildman–Crippen LogP) is 5.14. The topological polar surface area (TPSA) is 84.5 Å². The van der Waals surface area contributed by atoms with Gasteiger partial charge in [0.25, 0.3) is 5.91 Å². The number of rotatable bonds is 8. The van der Waals surface area contributed by atoms with Crippen LogP contribution >= 0.6 is 34.8 Å². The molecule has 0 fully saturated rings. The van der Waals surface area contributed by atoms with Crippen molar-refractivity contribution in [3.8, 4) is 5.75 Å². The van der Waals surface area contributed by atoms with Gasteiger partial charge in [0.2, 0.25) is 10.0 Å². The lowest BCUT2D eigenvalue weighted by Gasteiger charge is -2.12. The first-order valence-electron chi connectivity index (χ1n) is 8.95. The molecule has 3 rings (SSSR count). The van der Waals surface area contributed by atoms with Crippen LogP contribution in [0.15, 0.2) is 71.6 Å². The molecule has 162 valence electrons. The maximum atomic E-state index is 12.5. The minimum Gasteiger partial charge on any atom is -0.482 e. The molecule has 3 aromatic rings. The van der Waals surface area contributed by atoms with Gasteiger partial charge in [-0.1, -0.05) is 65.1 Å². The third-order valence-corrected chi connectivity index (χ3v) is 6.34. The fourth-order valence-electron chi connectivity index (χ4n) is 2.55. The maximum Gasteiger partial charge on any atom is 0.262 e. The Kier molecular flexibility index (Phi) is 7.80. The fraction of sp³-hybridized carbons (Fsp3) is 0.0952. The van der Waals surface area contributed by atoms with Crippen molar-refractivity contribution in [3.63, 3.8) is 0 Å². The Morgan fingerprint density at radius 3 is 2.35 bits per heavy atom. The normalized spacial score (nSPS) is 11.2. The molecule has 10 heteroatoms. The first-order chi connectivity index (χ1) is 14.7. The van der Waals surface area contributed by atoms with Gasteiger partial charge in [-0.3, -0.25) is 4.79 Å². The molecular formula is C21H17Cl3N2O4S. The molecule has 1 amide bonds. The third-order valence-electron chi connectivity index (χ3n) is 4.08. The van der Waals surface area contributed by atoms with Crippen LogP contribution in [0.3, 0.4) is 0 Å². The highest BCUT2D eigenvalue weighted by atomic mass is 35.5. The Morgan fingerprint density at radius 2 is 1.65 bits per heavy atom. The average Bonchev–Trinajstić information content (AvgIpc) is 2.75. The summed E-state index contributed by atoms with van der Waals surface area (Å²) < 4.78 is 32.9. The zero-order valence-electron chi connectivity index (χ0n) is 15.9. The second kappa shape index (κ2) is 10.3. The summed E-state index contributed by atoms with van der Waals surface area (Å²) >= 11 is 18.1. The van der Waals surface area contributed by atoms with Crippen molar-refractivity contribution in [3.05, 3.63) is 87.4 Å². The molecular weight excluding hydrogens is 483 g/mol. The molecule has 0 radical (unpaired) electrons. The van der Waals surface area contributed by atoms with Gasteiger partial charge in [-0.25, -0.2) is 13.1 Å². The summed E-state index contributed by atoms with van der Waals surface area (Å²) in [7, 11) is -3.77. The van der Waals surface area contributed by atoms with Crippen LogP contribution in [0.25, 0.3) is 0 Å². The summed E-state index contributed by atoms with van der Waals surface area (Å²) in [5, 5.41) is 3.38. The van der Waals surface area contributed by atoms with E-state index in [4.69, 9.17) is 39.5 Å². The smallest absolute Gasteiger partial charge is 0.262 e. The fourth-order valence-corrected chi connectivity index (χ4v) is 4.23. The van der Waals surface area contributed by atoms with Crippen molar-refractivity contribution in [2.75, 3.05) is 11.9 Å². The monoisotopic (exact) mass is 498 g/mol. The van der Waals surface area contributed by atoms with E-state index in [-0.39, 0.29) is 28.8 Å². The van der Waals surface area contributed by atoms with Gasteiger partial charge in [-0.05, 0) is 42.0 Å². The molecule has 0 aliphatic heterocycles. The largest absolute Gasteiger partial charge is 0.482 e. The lowest BCUT2D eigenvalue weighted by Crippen LogP contribution is -2.23. The third kappa shape index (κ3) is 6.59. The molecule has 0 aromatic heterocycles. The molecule has 3 aromatic carbocycles. The summed E-state index contributed by atoms with van der Waals surface area (Å²) in [4.78, 5) is 12.1. The highest BCUT2D eigenvalue weighted by Gasteiger charge is 2.17. The van der Waals surface area contributed by atoms with E-state index >= 15 is 0 Å². The standard InChI is InChI=1S/C21H17Cl3N2O4S/c22-15-6-8-17(23)19(10-15)26-21(27)13-30-20-9-7-16(11-18(20)24)31(28,29)25-12-14-4-2-1-3-5-14/h1-11,25H,12-13H2,(H,26,27). The molecule has 0 saturated carbocycles. The van der Waals surface area contributed by atoms with Gasteiger partial charge < -0.3 is 10.1 Å². The van der Waals surface area contributed by atoms with Gasteiger partial charge in [0.15, 0.2) is 6.61 Å². The van der Waals surface area contributed by atoms with E-state index in [1.165, 1.54) is 24.3 Å². The lowest BCUT2D eigenvalue weighted by molar-refractivity contribution is -0.118. The van der Waals surface area contributed by atoms with Gasteiger partial charge in [-0.15, -0.1) is 0 Å². The number of ether oxygens (including phenoxy) is 1. The summed E-state index contributed by atoms with van der Waals surface area (Å²) in [6, 6.07) is 17.8. The van der Waals surface area contributed by atoms with Crippen LogP contribution in [-0.2, 0) is 21.4 Å². The van der Waals surface area contributed by atoms with Crippen molar-refractivity contribution in [1.29, 1.82) is 0 Å². The van der Waals surface area contributed by atoms with Crippen LogP contribution in [0.2, 0.25) is 15.1 Å². The molecule has 6 nitrogen and oxygen atoms in total. The van der Waals surface area contributed by atoms with Crippen LogP contribution < -0.4 is 14.8 Å². The SMILES string of the molecule is O=C(COc1ccc(S(=O)(=O)NCc2ccccc2)cc1Cl)Nc1cc(Cl)ccc1Cl. The number of benzene rings is 3. The number of nitrogens with one attached hydrogen (secondary N) is 2. The number of hydrogen-bond donors (Lipinski definition) is 2. The zero-order chi connectivity index (χ0) is 22.4. The highest BCUT2D eigenvalue weighted by Crippen LogP contribution is 2.28. The number of halogens is 3. The van der Waals surface area contributed by atoms with E-state index in [0.717, 1.165) is 5.56 Å². The van der Waals surface area contributed by atoms with Crippen LogP contribution in [0, 0.1) is 0 Å². The number of amides is 1. The maximum absolute atomic E-state index is 12.5. The van der Waals surface area contributed by atoms with E-state index in [1.807, 2.05) is 30.3 Å². The zero-order valence-corrected chi connectivity index (χ0v) is 19.0. The Hall–Kier alpha value is -2.29. The van der Waals surface area contributed by atoms with Crippen molar-refractivity contribution < 1.29 is 17.9 Å². The van der Waals surface area contributed by atoms with Gasteiger partial charge in [0.05, 0.1) is 20.6 Å². The second-order valence-corrected chi connectivity index (χ2v) is 9.38. The molecule has 2 N–H and O–H groups in total. The number of anilines is 1. The van der Waals surface area contributed by atoms with E-state index in [2.05, 4.69) is 10.0 Å². The van der Waals surface area contributed by atoms with Crippen molar-refractivity contribution in [2.24, 2.45) is 0 Å². The summed E-state index contributed by atoms with van der Waals surface area (Å²) in [5.41, 5.74) is 1.17. The highest BCUT2D eigenvalue weighted by molar-refractivity contribution is 7.89. The van der Waals surface area contributed by atoms with E-state index in [9.17, 15) is 13.2 Å². The Labute approximate surface area is 195 Å². The minimum absolute atomic E-state index is 0.0176. The summed E-state index contributed by atoms with van der Waals surface area (Å²) in [5.74, 6) is -0.322. The van der Waals surface area contributed by atoms with Crippen molar-refractivity contribution in [2.45, 2.75) is 11.4 Å². The molecule has 0 aliphatic rings. The molecule has 0 bridgehead atoms. The number of sulfonamides is 1. The van der Waals surface area contributed by atoms with Crippen molar-refractivity contribution >= 4 is 56.4 Å². The van der Waals surface area contributed by atoms with Crippen molar-refractivity contribution in [1.82, 2.24) is 4.72 Å². The molecule has 0 aliphatic carbocycles. The Balaban J connectivity index is 1.61. The van der Waals surface area contributed by atoms with E-state index in [0.29, 0.717) is 15.7 Å². The summed E-state index contributed by atoms with van der Waals surface area (Å²) in [6.07, 6.45) is 0. The van der Waals surface area contributed by atoms with E-state index < -0.39 is 15.9 Å². The molecule has 0 saturated heterocycles.